The highest BCUT2D eigenvalue weighted by Crippen LogP contribution is 2.55. The lowest BCUT2D eigenvalue weighted by Gasteiger charge is -2.56. The minimum absolute atomic E-state index is 0.00930. The molecule has 0 aromatic carbocycles. The largest absolute Gasteiger partial charge is 0.392 e. The summed E-state index contributed by atoms with van der Waals surface area (Å²) in [5, 5.41) is 17.5. The van der Waals surface area contributed by atoms with E-state index in [1.165, 1.54) is 18.7 Å². The number of nitrogens with one attached hydrogen (secondary N) is 2. The first-order valence-electron chi connectivity index (χ1n) is 11.2. The van der Waals surface area contributed by atoms with E-state index in [9.17, 15) is 14.7 Å². The van der Waals surface area contributed by atoms with Gasteiger partial charge < -0.3 is 15.7 Å². The smallest absolute Gasteiger partial charge is 0.254 e. The van der Waals surface area contributed by atoms with Crippen molar-refractivity contribution in [2.75, 3.05) is 0 Å². The monoisotopic (exact) mass is 416 g/mol. The van der Waals surface area contributed by atoms with Gasteiger partial charge in [0.15, 0.2) is 0 Å². The Morgan fingerprint density at radius 1 is 1.17 bits per heavy atom. The molecule has 0 radical (unpaired) electrons. The third kappa shape index (κ3) is 4.51. The highest BCUT2D eigenvalue weighted by Gasteiger charge is 2.53. The zero-order valence-corrected chi connectivity index (χ0v) is 18.8. The van der Waals surface area contributed by atoms with Crippen molar-refractivity contribution in [1.29, 1.82) is 0 Å². The van der Waals surface area contributed by atoms with Gasteiger partial charge >= 0.3 is 0 Å². The standard InChI is InChI=1S/C23H36N4O3/c1-13(2)26-21(29)14(3)17-6-8-23(5)9-7-18(15(4)19(23)20(17)28)27-22(30)16-10-24-12-25-11-16/h10-15,17-20,28H,6-9H2,1-5H3,(H,26,29)(H,27,30)/t14?,15-,17+,18+,19-,20+,23+/m1/s1. The summed E-state index contributed by atoms with van der Waals surface area (Å²) < 4.78 is 0. The molecule has 0 spiro atoms. The van der Waals surface area contributed by atoms with Crippen LogP contribution in [-0.2, 0) is 4.79 Å². The predicted molar refractivity (Wildman–Crippen MR) is 114 cm³/mol. The lowest BCUT2D eigenvalue weighted by Crippen LogP contribution is -2.58. The summed E-state index contributed by atoms with van der Waals surface area (Å²) in [5.41, 5.74) is 0.472. The molecule has 0 bridgehead atoms. The van der Waals surface area contributed by atoms with Crippen molar-refractivity contribution in [1.82, 2.24) is 20.6 Å². The molecular formula is C23H36N4O3. The average Bonchev–Trinajstić information content (AvgIpc) is 2.70. The van der Waals surface area contributed by atoms with E-state index in [0.717, 1.165) is 25.7 Å². The quantitative estimate of drug-likeness (QED) is 0.684. The van der Waals surface area contributed by atoms with Crippen molar-refractivity contribution in [2.45, 2.75) is 78.5 Å². The second kappa shape index (κ2) is 9.00. The van der Waals surface area contributed by atoms with Gasteiger partial charge in [-0.3, -0.25) is 9.59 Å². The normalized spacial score (nSPS) is 34.7. The van der Waals surface area contributed by atoms with E-state index in [0.29, 0.717) is 5.56 Å². The van der Waals surface area contributed by atoms with Crippen LogP contribution in [0, 0.1) is 29.1 Å². The van der Waals surface area contributed by atoms with Gasteiger partial charge in [-0.2, -0.15) is 0 Å². The molecule has 2 amide bonds. The predicted octanol–water partition coefficient (Wildman–Crippen LogP) is 2.56. The lowest BCUT2D eigenvalue weighted by molar-refractivity contribution is -0.142. The summed E-state index contributed by atoms with van der Waals surface area (Å²) in [5.74, 6) is -0.332. The van der Waals surface area contributed by atoms with Crippen LogP contribution in [0.25, 0.3) is 0 Å². The molecule has 166 valence electrons. The van der Waals surface area contributed by atoms with Gasteiger partial charge in [0.05, 0.1) is 11.7 Å². The number of hydrogen-bond acceptors (Lipinski definition) is 5. The van der Waals surface area contributed by atoms with E-state index < -0.39 is 6.10 Å². The number of carbonyl (C=O) groups excluding carboxylic acids is 2. The zero-order valence-electron chi connectivity index (χ0n) is 18.8. The molecule has 30 heavy (non-hydrogen) atoms. The first-order valence-corrected chi connectivity index (χ1v) is 11.2. The summed E-state index contributed by atoms with van der Waals surface area (Å²) in [4.78, 5) is 33.1. The number of aliphatic hydroxyl groups excluding tert-OH is 1. The fraction of sp³-hybridized carbons (Fsp3) is 0.739. The molecule has 3 N–H and O–H groups in total. The number of aliphatic hydroxyl groups is 1. The minimum atomic E-state index is -0.563. The highest BCUT2D eigenvalue weighted by molar-refractivity contribution is 5.93. The maximum absolute atomic E-state index is 12.6. The van der Waals surface area contributed by atoms with Crippen LogP contribution in [-0.4, -0.2) is 45.1 Å². The molecule has 1 heterocycles. The molecule has 1 aromatic rings. The first-order chi connectivity index (χ1) is 14.1. The van der Waals surface area contributed by atoms with E-state index in [1.54, 1.807) is 0 Å². The van der Waals surface area contributed by atoms with Gasteiger partial charge in [0.2, 0.25) is 5.91 Å². The van der Waals surface area contributed by atoms with Crippen molar-refractivity contribution < 1.29 is 14.7 Å². The Kier molecular flexibility index (Phi) is 6.80. The van der Waals surface area contributed by atoms with Gasteiger partial charge in [0.1, 0.15) is 6.33 Å². The summed E-state index contributed by atoms with van der Waals surface area (Å²) in [6, 6.07) is 0.0603. The van der Waals surface area contributed by atoms with Crippen LogP contribution in [0.3, 0.4) is 0 Å². The summed E-state index contributed by atoms with van der Waals surface area (Å²) >= 11 is 0. The van der Waals surface area contributed by atoms with E-state index in [2.05, 4.69) is 34.4 Å². The van der Waals surface area contributed by atoms with Crippen LogP contribution >= 0.6 is 0 Å². The number of rotatable bonds is 5. The topological polar surface area (TPSA) is 104 Å². The fourth-order valence-electron chi connectivity index (χ4n) is 5.78. The molecule has 7 heteroatoms. The molecule has 3 rings (SSSR count). The van der Waals surface area contributed by atoms with Gasteiger partial charge in [-0.25, -0.2) is 9.97 Å². The van der Waals surface area contributed by atoms with E-state index in [-0.39, 0.29) is 53.0 Å². The van der Waals surface area contributed by atoms with Crippen LogP contribution in [0.2, 0.25) is 0 Å². The van der Waals surface area contributed by atoms with Crippen LogP contribution in [0.1, 0.15) is 70.7 Å². The number of hydrogen-bond donors (Lipinski definition) is 3. The molecule has 7 atom stereocenters. The Morgan fingerprint density at radius 3 is 2.43 bits per heavy atom. The molecule has 2 aliphatic rings. The van der Waals surface area contributed by atoms with Gasteiger partial charge in [-0.15, -0.1) is 0 Å². The number of amides is 2. The maximum atomic E-state index is 12.6. The van der Waals surface area contributed by atoms with Crippen molar-refractivity contribution in [3.05, 3.63) is 24.3 Å². The summed E-state index contributed by atoms with van der Waals surface area (Å²) in [6.07, 6.45) is 7.55. The Morgan fingerprint density at radius 2 is 1.80 bits per heavy atom. The van der Waals surface area contributed by atoms with Crippen molar-refractivity contribution in [3.63, 3.8) is 0 Å². The minimum Gasteiger partial charge on any atom is -0.392 e. The molecule has 0 saturated heterocycles. The molecule has 2 aliphatic carbocycles. The second-order valence-electron chi connectivity index (χ2n) is 9.93. The molecule has 7 nitrogen and oxygen atoms in total. The molecule has 1 aromatic heterocycles. The third-order valence-corrected chi connectivity index (χ3v) is 7.51. The van der Waals surface area contributed by atoms with Crippen LogP contribution in [0.4, 0.5) is 0 Å². The Balaban J connectivity index is 1.74. The number of aromatic nitrogens is 2. The summed E-state index contributed by atoms with van der Waals surface area (Å²) in [6.45, 7) is 10.2. The van der Waals surface area contributed by atoms with E-state index in [4.69, 9.17) is 0 Å². The first kappa shape index (κ1) is 22.7. The average molecular weight is 417 g/mol. The maximum Gasteiger partial charge on any atom is 0.254 e. The van der Waals surface area contributed by atoms with Crippen LogP contribution < -0.4 is 10.6 Å². The molecule has 2 saturated carbocycles. The number of nitrogens with zero attached hydrogens (tertiary/aromatic N) is 2. The van der Waals surface area contributed by atoms with Gasteiger partial charge in [0, 0.05) is 30.4 Å². The number of carbonyl (C=O) groups is 2. The Labute approximate surface area is 179 Å². The Bertz CT molecular complexity index is 756. The lowest BCUT2D eigenvalue weighted by atomic mass is 9.51. The van der Waals surface area contributed by atoms with Crippen molar-refractivity contribution in [3.8, 4) is 0 Å². The number of fused-ring (bicyclic) bond motifs is 1. The molecule has 2 fully saturated rings. The SMILES string of the molecule is CC(C)NC(=O)C(C)[C@@H]1CC[C@@]2(C)CC[C@H](NC(=O)c3cncnc3)[C@@H](C)[C@@H]2[C@H]1O. The highest BCUT2D eigenvalue weighted by atomic mass is 16.3. The van der Waals surface area contributed by atoms with Crippen LogP contribution in [0.5, 0.6) is 0 Å². The van der Waals surface area contributed by atoms with Crippen LogP contribution in [0.15, 0.2) is 18.7 Å². The molecule has 0 aliphatic heterocycles. The van der Waals surface area contributed by atoms with Gasteiger partial charge in [-0.1, -0.05) is 20.8 Å². The summed E-state index contributed by atoms with van der Waals surface area (Å²) in [7, 11) is 0. The molecular weight excluding hydrogens is 380 g/mol. The van der Waals surface area contributed by atoms with E-state index >= 15 is 0 Å². The van der Waals surface area contributed by atoms with E-state index in [1.807, 2.05) is 20.8 Å². The Hall–Kier alpha value is -2.02. The van der Waals surface area contributed by atoms with Crippen molar-refractivity contribution in [2.24, 2.45) is 29.1 Å². The molecule has 1 unspecified atom stereocenters. The zero-order chi connectivity index (χ0) is 22.1. The van der Waals surface area contributed by atoms with Crippen molar-refractivity contribution >= 4 is 11.8 Å². The van der Waals surface area contributed by atoms with Gasteiger partial charge in [-0.05, 0) is 62.7 Å². The third-order valence-electron chi connectivity index (χ3n) is 7.51. The van der Waals surface area contributed by atoms with Gasteiger partial charge in [0.25, 0.3) is 5.91 Å². The second-order valence-corrected chi connectivity index (χ2v) is 9.93. The fourth-order valence-corrected chi connectivity index (χ4v) is 5.78.